The van der Waals surface area contributed by atoms with Crippen molar-refractivity contribution in [1.29, 1.82) is 5.26 Å². The van der Waals surface area contributed by atoms with Gasteiger partial charge >= 0.3 is 12.6 Å². The van der Waals surface area contributed by atoms with Crippen LogP contribution in [0.15, 0.2) is 24.3 Å². The highest BCUT2D eigenvalue weighted by Crippen LogP contribution is 2.30. The van der Waals surface area contributed by atoms with Gasteiger partial charge in [0.05, 0.1) is 12.5 Å². The van der Waals surface area contributed by atoms with E-state index in [0.717, 1.165) is 4.90 Å². The molecule has 1 aromatic rings. The highest BCUT2D eigenvalue weighted by molar-refractivity contribution is 6.07. The second-order valence-corrected chi connectivity index (χ2v) is 4.82. The Morgan fingerprint density at radius 1 is 1.36 bits per heavy atom. The Kier molecular flexibility index (Phi) is 4.26. The summed E-state index contributed by atoms with van der Waals surface area (Å²) < 4.78 is 28.5. The summed E-state index contributed by atoms with van der Waals surface area (Å²) in [4.78, 5) is 25.2. The summed E-state index contributed by atoms with van der Waals surface area (Å²) in [5.41, 5.74) is -0.859. The van der Waals surface area contributed by atoms with Crippen LogP contribution < -0.4 is 10.1 Å². The van der Waals surface area contributed by atoms with Gasteiger partial charge in [-0.05, 0) is 24.6 Å². The SMILES string of the molecule is C[C@@]1(c2ccc(OC(F)F)cc2)NC(=O)N(CCC#N)C1=O. The quantitative estimate of drug-likeness (QED) is 0.843. The van der Waals surface area contributed by atoms with Gasteiger partial charge in [0, 0.05) is 6.54 Å². The van der Waals surface area contributed by atoms with Gasteiger partial charge in [0.15, 0.2) is 0 Å². The molecule has 0 unspecified atom stereocenters. The number of hydrogen-bond donors (Lipinski definition) is 1. The first-order valence-electron chi connectivity index (χ1n) is 6.45. The first kappa shape index (κ1) is 15.7. The number of nitrogens with zero attached hydrogens (tertiary/aromatic N) is 2. The van der Waals surface area contributed by atoms with E-state index in [9.17, 15) is 18.4 Å². The number of benzene rings is 1. The number of urea groups is 1. The molecule has 2 rings (SSSR count). The van der Waals surface area contributed by atoms with Crippen LogP contribution in [0.5, 0.6) is 5.75 Å². The van der Waals surface area contributed by atoms with Crippen molar-refractivity contribution in [3.63, 3.8) is 0 Å². The molecule has 3 amide bonds. The number of alkyl halides is 2. The monoisotopic (exact) mass is 309 g/mol. The lowest BCUT2D eigenvalue weighted by Gasteiger charge is -2.22. The molecule has 1 aliphatic heterocycles. The van der Waals surface area contributed by atoms with Gasteiger partial charge in [-0.2, -0.15) is 14.0 Å². The second-order valence-electron chi connectivity index (χ2n) is 4.82. The molecule has 0 bridgehead atoms. The zero-order valence-electron chi connectivity index (χ0n) is 11.7. The van der Waals surface area contributed by atoms with Crippen molar-refractivity contribution in [3.8, 4) is 11.8 Å². The van der Waals surface area contributed by atoms with E-state index in [2.05, 4.69) is 10.1 Å². The van der Waals surface area contributed by atoms with Crippen LogP contribution in [-0.4, -0.2) is 30.0 Å². The van der Waals surface area contributed by atoms with E-state index in [1.54, 1.807) is 0 Å². The van der Waals surface area contributed by atoms with E-state index >= 15 is 0 Å². The summed E-state index contributed by atoms with van der Waals surface area (Å²) in [5, 5.41) is 11.1. The van der Waals surface area contributed by atoms with Crippen LogP contribution in [0.3, 0.4) is 0 Å². The van der Waals surface area contributed by atoms with Gasteiger partial charge in [-0.15, -0.1) is 0 Å². The van der Waals surface area contributed by atoms with Gasteiger partial charge in [0.2, 0.25) is 0 Å². The summed E-state index contributed by atoms with van der Waals surface area (Å²) in [6, 6.07) is 6.74. The number of ether oxygens (including phenoxy) is 1. The molecule has 0 aliphatic carbocycles. The fourth-order valence-electron chi connectivity index (χ4n) is 2.23. The Hall–Kier alpha value is -2.69. The van der Waals surface area contributed by atoms with E-state index in [0.29, 0.717) is 5.56 Å². The minimum Gasteiger partial charge on any atom is -0.435 e. The molecule has 0 spiro atoms. The van der Waals surface area contributed by atoms with E-state index in [1.165, 1.54) is 31.2 Å². The lowest BCUT2D eigenvalue weighted by Crippen LogP contribution is -2.40. The maximum atomic E-state index is 12.4. The van der Waals surface area contributed by atoms with Crippen molar-refractivity contribution < 1.29 is 23.1 Å². The molecule has 1 heterocycles. The molecule has 6 nitrogen and oxygen atoms in total. The first-order chi connectivity index (χ1) is 10.4. The predicted molar refractivity (Wildman–Crippen MR) is 70.9 cm³/mol. The highest BCUT2D eigenvalue weighted by atomic mass is 19.3. The summed E-state index contributed by atoms with van der Waals surface area (Å²) in [5.74, 6) is -0.532. The summed E-state index contributed by atoms with van der Waals surface area (Å²) in [6.45, 7) is -1.41. The topological polar surface area (TPSA) is 82.4 Å². The molecule has 1 N–H and O–H groups in total. The molecule has 1 fully saturated rings. The Balaban J connectivity index is 2.22. The second kappa shape index (κ2) is 5.97. The molecule has 1 atom stereocenters. The number of carbonyl (C=O) groups excluding carboxylic acids is 2. The Bertz CT molecular complexity index is 627. The van der Waals surface area contributed by atoms with E-state index < -0.39 is 24.1 Å². The number of amides is 3. The number of halogens is 2. The highest BCUT2D eigenvalue weighted by Gasteiger charge is 2.48. The lowest BCUT2D eigenvalue weighted by atomic mass is 9.92. The van der Waals surface area contributed by atoms with Crippen molar-refractivity contribution in [1.82, 2.24) is 10.2 Å². The van der Waals surface area contributed by atoms with E-state index in [4.69, 9.17) is 5.26 Å². The average molecular weight is 309 g/mol. The largest absolute Gasteiger partial charge is 0.435 e. The zero-order chi connectivity index (χ0) is 16.3. The van der Waals surface area contributed by atoms with Crippen molar-refractivity contribution >= 4 is 11.9 Å². The number of rotatable bonds is 5. The molecule has 0 saturated carbocycles. The van der Waals surface area contributed by atoms with Gasteiger partial charge in [0.25, 0.3) is 5.91 Å². The normalized spacial score (nSPS) is 21.0. The van der Waals surface area contributed by atoms with Crippen LogP contribution in [0.1, 0.15) is 18.9 Å². The van der Waals surface area contributed by atoms with Crippen molar-refractivity contribution in [2.75, 3.05) is 6.54 Å². The van der Waals surface area contributed by atoms with E-state index in [-0.39, 0.29) is 18.7 Å². The Labute approximate surface area is 125 Å². The van der Waals surface area contributed by atoms with Crippen LogP contribution in [-0.2, 0) is 10.3 Å². The third-order valence-electron chi connectivity index (χ3n) is 3.38. The zero-order valence-corrected chi connectivity index (χ0v) is 11.7. The van der Waals surface area contributed by atoms with Crippen LogP contribution >= 0.6 is 0 Å². The molecular weight excluding hydrogens is 296 g/mol. The number of nitriles is 1. The van der Waals surface area contributed by atoms with Crippen LogP contribution in [0, 0.1) is 11.3 Å². The van der Waals surface area contributed by atoms with Crippen LogP contribution in [0.4, 0.5) is 13.6 Å². The van der Waals surface area contributed by atoms with Crippen molar-refractivity contribution in [2.45, 2.75) is 25.5 Å². The molecule has 8 heteroatoms. The molecule has 0 radical (unpaired) electrons. The van der Waals surface area contributed by atoms with E-state index in [1.807, 2.05) is 6.07 Å². The maximum absolute atomic E-state index is 12.4. The fourth-order valence-corrected chi connectivity index (χ4v) is 2.23. The molecule has 116 valence electrons. The number of hydrogen-bond acceptors (Lipinski definition) is 4. The van der Waals surface area contributed by atoms with Crippen molar-refractivity contribution in [3.05, 3.63) is 29.8 Å². The third kappa shape index (κ3) is 2.83. The molecule has 22 heavy (non-hydrogen) atoms. The van der Waals surface area contributed by atoms with Crippen LogP contribution in [0.2, 0.25) is 0 Å². The van der Waals surface area contributed by atoms with Gasteiger partial charge in [-0.1, -0.05) is 12.1 Å². The van der Waals surface area contributed by atoms with Gasteiger partial charge in [-0.3, -0.25) is 9.69 Å². The van der Waals surface area contributed by atoms with Gasteiger partial charge in [-0.25, -0.2) is 4.79 Å². The maximum Gasteiger partial charge on any atom is 0.387 e. The molecular formula is C14H13F2N3O3. The number of carbonyl (C=O) groups is 2. The molecule has 1 aliphatic rings. The number of nitrogens with one attached hydrogen (secondary N) is 1. The molecule has 1 saturated heterocycles. The van der Waals surface area contributed by atoms with Gasteiger partial charge < -0.3 is 10.1 Å². The molecule has 0 aromatic heterocycles. The van der Waals surface area contributed by atoms with Crippen molar-refractivity contribution in [2.24, 2.45) is 0 Å². The number of imide groups is 1. The fraction of sp³-hybridized carbons (Fsp3) is 0.357. The first-order valence-corrected chi connectivity index (χ1v) is 6.45. The van der Waals surface area contributed by atoms with Gasteiger partial charge in [0.1, 0.15) is 11.3 Å². The average Bonchev–Trinajstić information content (AvgIpc) is 2.68. The molecule has 1 aromatic carbocycles. The van der Waals surface area contributed by atoms with Crippen LogP contribution in [0.25, 0.3) is 0 Å². The summed E-state index contributed by atoms with van der Waals surface area (Å²) in [6.07, 6.45) is 0.0381. The third-order valence-corrected chi connectivity index (χ3v) is 3.38. The smallest absolute Gasteiger partial charge is 0.387 e. The predicted octanol–water partition coefficient (Wildman–Crippen LogP) is 1.97. The standard InChI is InChI=1S/C14H13F2N3O3/c1-14(9-3-5-10(6-4-9)22-12(15)16)11(20)19(8-2-7-17)13(21)18-14/h3-6,12H,2,8H2,1H3,(H,18,21)/t14-/m0/s1. The minimum atomic E-state index is -2.93. The Morgan fingerprint density at radius 2 is 2.00 bits per heavy atom. The lowest BCUT2D eigenvalue weighted by molar-refractivity contribution is -0.131. The summed E-state index contributed by atoms with van der Waals surface area (Å²) in [7, 11) is 0. The summed E-state index contributed by atoms with van der Waals surface area (Å²) >= 11 is 0. The Morgan fingerprint density at radius 3 is 2.55 bits per heavy atom. The minimum absolute atomic E-state index is 0.00331.